The highest BCUT2D eigenvalue weighted by molar-refractivity contribution is 5.96. The summed E-state index contributed by atoms with van der Waals surface area (Å²) < 4.78 is 17.4. The molecule has 4 aromatic carbocycles. The summed E-state index contributed by atoms with van der Waals surface area (Å²) in [4.78, 5) is 2.41. The Hall–Kier alpha value is -3.92. The first-order valence-electron chi connectivity index (χ1n) is 12.7. The van der Waals surface area contributed by atoms with Gasteiger partial charge in [-0.25, -0.2) is 0 Å². The highest BCUT2D eigenvalue weighted by Gasteiger charge is 2.14. The van der Waals surface area contributed by atoms with Gasteiger partial charge in [0.15, 0.2) is 0 Å². The molecule has 4 heteroatoms. The normalized spacial score (nSPS) is 13.4. The molecule has 0 N–H and O–H groups in total. The summed E-state index contributed by atoms with van der Waals surface area (Å²) in [5.74, 6) is 3.32. The Bertz CT molecular complexity index is 1320. The van der Waals surface area contributed by atoms with Gasteiger partial charge in [0, 0.05) is 24.0 Å². The predicted molar refractivity (Wildman–Crippen MR) is 147 cm³/mol. The van der Waals surface area contributed by atoms with Crippen molar-refractivity contribution in [3.05, 3.63) is 96.7 Å². The van der Waals surface area contributed by atoms with Crippen molar-refractivity contribution in [2.75, 3.05) is 27.3 Å². The standard InChI is InChI=1S/C32H33NO3/c1-34-27-15-10-25(11-16-27)30-18-12-26-23-29(35-2)17-19-31(26)32(30)36-28-13-8-24(9-14-28)7-3-4-20-33-21-5-6-22-33/h4,8-20,23H,3,5-7,21-22H2,1-2H3. The van der Waals surface area contributed by atoms with Crippen LogP contribution in [0, 0.1) is 0 Å². The summed E-state index contributed by atoms with van der Waals surface area (Å²) >= 11 is 0. The van der Waals surface area contributed by atoms with Gasteiger partial charge >= 0.3 is 0 Å². The van der Waals surface area contributed by atoms with Crippen LogP contribution in [-0.2, 0) is 6.42 Å². The van der Waals surface area contributed by atoms with E-state index in [4.69, 9.17) is 14.2 Å². The molecule has 0 spiro atoms. The number of ether oxygens (including phenoxy) is 3. The zero-order valence-corrected chi connectivity index (χ0v) is 21.1. The van der Waals surface area contributed by atoms with Crippen LogP contribution in [0.4, 0.5) is 0 Å². The van der Waals surface area contributed by atoms with Crippen LogP contribution in [0.1, 0.15) is 24.8 Å². The van der Waals surface area contributed by atoms with Gasteiger partial charge < -0.3 is 19.1 Å². The Balaban J connectivity index is 1.39. The topological polar surface area (TPSA) is 30.9 Å². The predicted octanol–water partition coefficient (Wildman–Crippen LogP) is 7.86. The molecule has 0 bridgehead atoms. The van der Waals surface area contributed by atoms with Crippen molar-refractivity contribution < 1.29 is 14.2 Å². The molecule has 0 atom stereocenters. The van der Waals surface area contributed by atoms with Crippen LogP contribution in [0.5, 0.6) is 23.0 Å². The smallest absolute Gasteiger partial charge is 0.143 e. The van der Waals surface area contributed by atoms with Crippen molar-refractivity contribution in [2.45, 2.75) is 25.7 Å². The highest BCUT2D eigenvalue weighted by Crippen LogP contribution is 2.41. The van der Waals surface area contributed by atoms with Gasteiger partial charge in [-0.15, -0.1) is 0 Å². The third-order valence-electron chi connectivity index (χ3n) is 6.78. The lowest BCUT2D eigenvalue weighted by atomic mass is 9.99. The van der Waals surface area contributed by atoms with Gasteiger partial charge in [-0.05, 0) is 96.9 Å². The van der Waals surface area contributed by atoms with E-state index in [1.54, 1.807) is 14.2 Å². The van der Waals surface area contributed by atoms with Gasteiger partial charge in [0.05, 0.1) is 14.2 Å². The molecule has 4 nitrogen and oxygen atoms in total. The Kier molecular flexibility index (Phi) is 7.41. The fraction of sp³-hybridized carbons (Fsp3) is 0.250. The van der Waals surface area contributed by atoms with Crippen LogP contribution in [0.3, 0.4) is 0 Å². The first-order chi connectivity index (χ1) is 17.7. The molecule has 0 unspecified atom stereocenters. The molecule has 5 rings (SSSR count). The average molecular weight is 480 g/mol. The summed E-state index contributed by atoms with van der Waals surface area (Å²) in [7, 11) is 3.37. The highest BCUT2D eigenvalue weighted by atomic mass is 16.5. The molecule has 1 aliphatic heterocycles. The van der Waals surface area contributed by atoms with Crippen LogP contribution in [-0.4, -0.2) is 32.2 Å². The van der Waals surface area contributed by atoms with Crippen LogP contribution >= 0.6 is 0 Å². The lowest BCUT2D eigenvalue weighted by Crippen LogP contribution is -2.10. The SMILES string of the molecule is COc1ccc(-c2ccc3cc(OC)ccc3c2Oc2ccc(CCC=CN3CCCC3)cc2)cc1. The fourth-order valence-corrected chi connectivity index (χ4v) is 4.72. The van der Waals surface area contributed by atoms with Gasteiger partial charge in [-0.2, -0.15) is 0 Å². The third kappa shape index (κ3) is 5.49. The average Bonchev–Trinajstić information content (AvgIpc) is 3.45. The van der Waals surface area contributed by atoms with Gasteiger partial charge in [0.2, 0.25) is 0 Å². The summed E-state index contributed by atoms with van der Waals surface area (Å²) in [6.07, 6.45) is 9.26. The summed E-state index contributed by atoms with van der Waals surface area (Å²) in [5, 5.41) is 2.11. The Labute approximate surface area is 213 Å². The number of hydrogen-bond acceptors (Lipinski definition) is 4. The first-order valence-corrected chi connectivity index (χ1v) is 12.7. The maximum absolute atomic E-state index is 6.56. The van der Waals surface area contributed by atoms with Gasteiger partial charge in [0.1, 0.15) is 23.0 Å². The molecule has 0 aromatic heterocycles. The number of methoxy groups -OCH3 is 2. The van der Waals surface area contributed by atoms with Gasteiger partial charge in [-0.1, -0.05) is 36.4 Å². The number of allylic oxidation sites excluding steroid dienone is 1. The maximum Gasteiger partial charge on any atom is 0.143 e. The van der Waals surface area contributed by atoms with E-state index in [9.17, 15) is 0 Å². The lowest BCUT2D eigenvalue weighted by molar-refractivity contribution is 0.415. The molecule has 1 aliphatic rings. The van der Waals surface area contributed by atoms with E-state index in [2.05, 4.69) is 71.8 Å². The molecule has 1 saturated heterocycles. The van der Waals surface area contributed by atoms with E-state index in [1.165, 1.54) is 31.5 Å². The van der Waals surface area contributed by atoms with Crippen molar-refractivity contribution in [2.24, 2.45) is 0 Å². The van der Waals surface area contributed by atoms with E-state index in [0.29, 0.717) is 0 Å². The summed E-state index contributed by atoms with van der Waals surface area (Å²) in [6, 6.07) is 26.9. The van der Waals surface area contributed by atoms with E-state index in [1.807, 2.05) is 24.3 Å². The second-order valence-corrected chi connectivity index (χ2v) is 9.17. The van der Waals surface area contributed by atoms with Crippen molar-refractivity contribution in [1.29, 1.82) is 0 Å². The number of fused-ring (bicyclic) bond motifs is 1. The number of likely N-dealkylation sites (tertiary alicyclic amines) is 1. The molecule has 0 saturated carbocycles. The second-order valence-electron chi connectivity index (χ2n) is 9.17. The molecular weight excluding hydrogens is 446 g/mol. The van der Waals surface area contributed by atoms with Gasteiger partial charge in [0.25, 0.3) is 0 Å². The summed E-state index contributed by atoms with van der Waals surface area (Å²) in [5.41, 5.74) is 3.42. The zero-order chi connectivity index (χ0) is 24.7. The van der Waals surface area contributed by atoms with Crippen LogP contribution in [0.25, 0.3) is 21.9 Å². The Morgan fingerprint density at radius 3 is 2.17 bits per heavy atom. The molecular formula is C32H33NO3. The van der Waals surface area contributed by atoms with Crippen molar-refractivity contribution in [3.8, 4) is 34.1 Å². The minimum atomic E-state index is 0.824. The molecule has 0 amide bonds. The van der Waals surface area contributed by atoms with E-state index in [-0.39, 0.29) is 0 Å². The van der Waals surface area contributed by atoms with Crippen LogP contribution < -0.4 is 14.2 Å². The molecule has 1 fully saturated rings. The van der Waals surface area contributed by atoms with Crippen molar-refractivity contribution in [3.63, 3.8) is 0 Å². The number of rotatable bonds is 9. The largest absolute Gasteiger partial charge is 0.497 e. The third-order valence-corrected chi connectivity index (χ3v) is 6.78. The quantitative estimate of drug-likeness (QED) is 0.244. The maximum atomic E-state index is 6.56. The molecule has 0 aliphatic carbocycles. The Morgan fingerprint density at radius 1 is 0.750 bits per heavy atom. The van der Waals surface area contributed by atoms with Gasteiger partial charge in [-0.3, -0.25) is 0 Å². The minimum Gasteiger partial charge on any atom is -0.497 e. The van der Waals surface area contributed by atoms with E-state index < -0.39 is 0 Å². The molecule has 1 heterocycles. The summed E-state index contributed by atoms with van der Waals surface area (Å²) in [6.45, 7) is 2.39. The lowest BCUT2D eigenvalue weighted by Gasteiger charge is -2.16. The van der Waals surface area contributed by atoms with E-state index in [0.717, 1.165) is 57.7 Å². The second kappa shape index (κ2) is 11.2. The first kappa shape index (κ1) is 23.8. The van der Waals surface area contributed by atoms with E-state index >= 15 is 0 Å². The monoisotopic (exact) mass is 479 g/mol. The van der Waals surface area contributed by atoms with Crippen LogP contribution in [0.15, 0.2) is 91.1 Å². The van der Waals surface area contributed by atoms with Crippen LogP contribution in [0.2, 0.25) is 0 Å². The number of benzene rings is 4. The van der Waals surface area contributed by atoms with Crippen molar-refractivity contribution >= 4 is 10.8 Å². The number of aryl methyl sites for hydroxylation is 1. The molecule has 0 radical (unpaired) electrons. The molecule has 4 aromatic rings. The number of nitrogens with zero attached hydrogens (tertiary/aromatic N) is 1. The number of hydrogen-bond donors (Lipinski definition) is 0. The fourth-order valence-electron chi connectivity index (χ4n) is 4.72. The zero-order valence-electron chi connectivity index (χ0n) is 21.1. The Morgan fingerprint density at radius 2 is 1.44 bits per heavy atom. The molecule has 184 valence electrons. The molecule has 36 heavy (non-hydrogen) atoms. The minimum absolute atomic E-state index is 0.824. The van der Waals surface area contributed by atoms with Crippen molar-refractivity contribution in [1.82, 2.24) is 4.90 Å².